The summed E-state index contributed by atoms with van der Waals surface area (Å²) in [5.74, 6) is 2.27. The Kier molecular flexibility index (Phi) is 4.31. The van der Waals surface area contributed by atoms with E-state index in [1.165, 1.54) is 38.5 Å². The van der Waals surface area contributed by atoms with E-state index in [1.54, 1.807) is 0 Å². The van der Waals surface area contributed by atoms with E-state index in [4.69, 9.17) is 4.52 Å². The number of aromatic nitrogens is 5. The molecule has 1 fully saturated rings. The van der Waals surface area contributed by atoms with Gasteiger partial charge in [-0.05, 0) is 12.3 Å². The molecule has 114 valence electrons. The zero-order valence-electron chi connectivity index (χ0n) is 12.8. The summed E-state index contributed by atoms with van der Waals surface area (Å²) in [4.78, 5) is 4.35. The van der Waals surface area contributed by atoms with E-state index in [2.05, 4.69) is 20.5 Å². The monoisotopic (exact) mass is 289 g/mol. The van der Waals surface area contributed by atoms with Gasteiger partial charge in [-0.2, -0.15) is 4.98 Å². The lowest BCUT2D eigenvalue weighted by Crippen LogP contribution is -2.10. The molecular weight excluding hydrogens is 266 g/mol. The van der Waals surface area contributed by atoms with Crippen molar-refractivity contribution in [2.24, 2.45) is 5.92 Å². The number of rotatable bonds is 5. The molecule has 0 aliphatic heterocycles. The van der Waals surface area contributed by atoms with Gasteiger partial charge in [0, 0.05) is 12.5 Å². The van der Waals surface area contributed by atoms with Crippen LogP contribution in [0.25, 0.3) is 11.6 Å². The topological polar surface area (TPSA) is 69.6 Å². The summed E-state index contributed by atoms with van der Waals surface area (Å²) in [7, 11) is 0. The lowest BCUT2D eigenvalue weighted by molar-refractivity contribution is 0.317. The summed E-state index contributed by atoms with van der Waals surface area (Å²) in [5.41, 5.74) is 0.665. The summed E-state index contributed by atoms with van der Waals surface area (Å²) >= 11 is 0. The minimum Gasteiger partial charge on any atom is -0.332 e. The minimum absolute atomic E-state index is 0.254. The van der Waals surface area contributed by atoms with Gasteiger partial charge in [0.05, 0.1) is 6.20 Å². The molecule has 21 heavy (non-hydrogen) atoms. The van der Waals surface area contributed by atoms with Crippen LogP contribution in [0.15, 0.2) is 10.7 Å². The van der Waals surface area contributed by atoms with Crippen LogP contribution in [0.2, 0.25) is 0 Å². The van der Waals surface area contributed by atoms with Gasteiger partial charge in [0.2, 0.25) is 0 Å². The maximum absolute atomic E-state index is 5.24. The Morgan fingerprint density at radius 3 is 2.81 bits per heavy atom. The van der Waals surface area contributed by atoms with Crippen molar-refractivity contribution >= 4 is 0 Å². The molecule has 0 saturated heterocycles. The Morgan fingerprint density at radius 2 is 2.10 bits per heavy atom. The van der Waals surface area contributed by atoms with Crippen LogP contribution in [0.5, 0.6) is 0 Å². The highest BCUT2D eigenvalue weighted by Gasteiger charge is 2.16. The van der Waals surface area contributed by atoms with Gasteiger partial charge in [0.1, 0.15) is 0 Å². The first kappa shape index (κ1) is 14.2. The molecule has 6 heteroatoms. The fourth-order valence-electron chi connectivity index (χ4n) is 2.87. The smallest absolute Gasteiger partial charge is 0.280 e. The first-order chi connectivity index (χ1) is 10.2. The largest absolute Gasteiger partial charge is 0.332 e. The molecule has 1 saturated carbocycles. The summed E-state index contributed by atoms with van der Waals surface area (Å²) in [5, 5.41) is 12.3. The quantitative estimate of drug-likeness (QED) is 0.843. The first-order valence-electron chi connectivity index (χ1n) is 7.96. The molecule has 3 rings (SSSR count). The SMILES string of the molecule is CC(C)c1noc(-c2cn(CCC3CCCCC3)nn2)n1. The lowest BCUT2D eigenvalue weighted by Gasteiger charge is -2.20. The number of hydrogen-bond donors (Lipinski definition) is 0. The second-order valence-electron chi connectivity index (χ2n) is 6.27. The molecule has 0 unspecified atom stereocenters. The average molecular weight is 289 g/mol. The third-order valence-electron chi connectivity index (χ3n) is 4.21. The van der Waals surface area contributed by atoms with E-state index in [0.29, 0.717) is 17.4 Å². The molecule has 0 aromatic carbocycles. The van der Waals surface area contributed by atoms with E-state index in [0.717, 1.165) is 12.5 Å². The molecule has 0 radical (unpaired) electrons. The minimum atomic E-state index is 0.254. The van der Waals surface area contributed by atoms with Gasteiger partial charge in [-0.1, -0.05) is 56.3 Å². The fourth-order valence-corrected chi connectivity index (χ4v) is 2.87. The zero-order valence-corrected chi connectivity index (χ0v) is 12.8. The van der Waals surface area contributed by atoms with Crippen LogP contribution in [-0.4, -0.2) is 25.1 Å². The van der Waals surface area contributed by atoms with E-state index >= 15 is 0 Å². The second-order valence-corrected chi connectivity index (χ2v) is 6.27. The van der Waals surface area contributed by atoms with E-state index < -0.39 is 0 Å². The average Bonchev–Trinajstić information content (AvgIpc) is 3.15. The van der Waals surface area contributed by atoms with Crippen LogP contribution >= 0.6 is 0 Å². The Labute approximate surface area is 124 Å². The molecule has 0 bridgehead atoms. The van der Waals surface area contributed by atoms with Crippen molar-refractivity contribution in [1.82, 2.24) is 25.1 Å². The summed E-state index contributed by atoms with van der Waals surface area (Å²) < 4.78 is 7.13. The Balaban J connectivity index is 1.59. The fraction of sp³-hybridized carbons (Fsp3) is 0.733. The van der Waals surface area contributed by atoms with Crippen molar-refractivity contribution in [1.29, 1.82) is 0 Å². The first-order valence-corrected chi connectivity index (χ1v) is 7.96. The molecule has 2 heterocycles. The van der Waals surface area contributed by atoms with E-state index in [-0.39, 0.29) is 5.92 Å². The van der Waals surface area contributed by atoms with Crippen molar-refractivity contribution in [3.63, 3.8) is 0 Å². The summed E-state index contributed by atoms with van der Waals surface area (Å²) in [6, 6.07) is 0. The summed E-state index contributed by atoms with van der Waals surface area (Å²) in [6.45, 7) is 4.99. The normalized spacial score (nSPS) is 16.7. The van der Waals surface area contributed by atoms with Crippen LogP contribution in [0.4, 0.5) is 0 Å². The highest BCUT2D eigenvalue weighted by molar-refractivity contribution is 5.43. The van der Waals surface area contributed by atoms with Gasteiger partial charge in [-0.15, -0.1) is 5.10 Å². The van der Waals surface area contributed by atoms with Crippen LogP contribution in [0.1, 0.15) is 64.1 Å². The van der Waals surface area contributed by atoms with Crippen LogP contribution < -0.4 is 0 Å². The molecule has 6 nitrogen and oxygen atoms in total. The van der Waals surface area contributed by atoms with Crippen molar-refractivity contribution in [3.8, 4) is 11.6 Å². The number of aryl methyl sites for hydroxylation is 1. The second kappa shape index (κ2) is 6.37. The Hall–Kier alpha value is -1.72. The van der Waals surface area contributed by atoms with E-state index in [9.17, 15) is 0 Å². The summed E-state index contributed by atoms with van der Waals surface area (Å²) in [6.07, 6.45) is 9.98. The molecule has 0 N–H and O–H groups in total. The number of hydrogen-bond acceptors (Lipinski definition) is 5. The van der Waals surface area contributed by atoms with Crippen LogP contribution in [0, 0.1) is 5.92 Å². The van der Waals surface area contributed by atoms with Gasteiger partial charge >= 0.3 is 0 Å². The zero-order chi connectivity index (χ0) is 14.7. The molecular formula is C15H23N5O. The third kappa shape index (κ3) is 3.49. The van der Waals surface area contributed by atoms with Crippen molar-refractivity contribution in [2.75, 3.05) is 0 Å². The lowest BCUT2D eigenvalue weighted by atomic mass is 9.87. The van der Waals surface area contributed by atoms with Crippen LogP contribution in [0.3, 0.4) is 0 Å². The molecule has 1 aliphatic rings. The van der Waals surface area contributed by atoms with Crippen molar-refractivity contribution < 1.29 is 4.52 Å². The van der Waals surface area contributed by atoms with Crippen molar-refractivity contribution in [2.45, 2.75) is 64.8 Å². The van der Waals surface area contributed by atoms with E-state index in [1.807, 2.05) is 24.7 Å². The molecule has 2 aromatic heterocycles. The Morgan fingerprint density at radius 1 is 1.29 bits per heavy atom. The van der Waals surface area contributed by atoms with Gasteiger partial charge in [0.25, 0.3) is 5.89 Å². The Bertz CT molecular complexity index is 568. The predicted octanol–water partition coefficient (Wildman–Crippen LogP) is 3.42. The molecule has 0 amide bonds. The van der Waals surface area contributed by atoms with Gasteiger partial charge in [-0.25, -0.2) is 0 Å². The number of nitrogens with zero attached hydrogens (tertiary/aromatic N) is 5. The standard InChI is InChI=1S/C15H23N5O/c1-11(2)14-16-15(21-18-14)13-10-20(19-17-13)9-8-12-6-4-3-5-7-12/h10-12H,3-9H2,1-2H3. The predicted molar refractivity (Wildman–Crippen MR) is 78.6 cm³/mol. The van der Waals surface area contributed by atoms with Crippen LogP contribution in [-0.2, 0) is 6.54 Å². The third-order valence-corrected chi connectivity index (χ3v) is 4.21. The molecule has 0 spiro atoms. The highest BCUT2D eigenvalue weighted by atomic mass is 16.5. The molecule has 2 aromatic rings. The maximum Gasteiger partial charge on any atom is 0.280 e. The maximum atomic E-state index is 5.24. The van der Waals surface area contributed by atoms with Gasteiger partial charge in [-0.3, -0.25) is 4.68 Å². The highest BCUT2D eigenvalue weighted by Crippen LogP contribution is 2.26. The van der Waals surface area contributed by atoms with Gasteiger partial charge < -0.3 is 4.52 Å². The molecule has 1 aliphatic carbocycles. The molecule has 0 atom stereocenters. The van der Waals surface area contributed by atoms with Gasteiger partial charge in [0.15, 0.2) is 11.5 Å². The van der Waals surface area contributed by atoms with Crippen molar-refractivity contribution in [3.05, 3.63) is 12.0 Å².